The lowest BCUT2D eigenvalue weighted by Gasteiger charge is -2.14. The summed E-state index contributed by atoms with van der Waals surface area (Å²) in [6.07, 6.45) is 1.19. The third kappa shape index (κ3) is 2.35. The number of hydrogen-bond donors (Lipinski definition) is 3. The Bertz CT molecular complexity index is 1280. The van der Waals surface area contributed by atoms with Gasteiger partial charge in [-0.2, -0.15) is 0 Å². The molecule has 140 valence electrons. The van der Waals surface area contributed by atoms with E-state index < -0.39 is 0 Å². The van der Waals surface area contributed by atoms with Crippen molar-refractivity contribution in [3.8, 4) is 5.75 Å². The molecule has 1 fully saturated rings. The topological polar surface area (TPSA) is 52.8 Å². The van der Waals surface area contributed by atoms with Gasteiger partial charge in [0.1, 0.15) is 6.10 Å². The third-order valence-electron chi connectivity index (χ3n) is 5.84. The Morgan fingerprint density at radius 1 is 0.893 bits per heavy atom. The Kier molecular flexibility index (Phi) is 3.43. The highest BCUT2D eigenvalue weighted by Gasteiger charge is 2.22. The van der Waals surface area contributed by atoms with Crippen LogP contribution < -0.4 is 10.1 Å². The second-order valence-electron chi connectivity index (χ2n) is 7.77. The number of nitrogens with one attached hydrogen (secondary N) is 3. The van der Waals surface area contributed by atoms with Crippen LogP contribution in [0, 0.1) is 6.92 Å². The average Bonchev–Trinajstić information content (AvgIpc) is 3.39. The summed E-state index contributed by atoms with van der Waals surface area (Å²) in [7, 11) is 0. The van der Waals surface area contributed by atoms with Crippen molar-refractivity contribution in [2.75, 3.05) is 13.1 Å². The van der Waals surface area contributed by atoms with E-state index in [2.05, 4.69) is 46.5 Å². The van der Waals surface area contributed by atoms with E-state index in [4.69, 9.17) is 16.3 Å². The fourth-order valence-corrected chi connectivity index (χ4v) is 4.62. The molecule has 4 nitrogen and oxygen atoms in total. The van der Waals surface area contributed by atoms with Gasteiger partial charge in [-0.25, -0.2) is 0 Å². The van der Waals surface area contributed by atoms with E-state index in [9.17, 15) is 0 Å². The van der Waals surface area contributed by atoms with Gasteiger partial charge < -0.3 is 20.0 Å². The fourth-order valence-electron chi connectivity index (χ4n) is 4.45. The maximum Gasteiger partial charge on any atom is 0.167 e. The smallest absolute Gasteiger partial charge is 0.167 e. The number of fused-ring (bicyclic) bond motifs is 6. The molecule has 3 N–H and O–H groups in total. The number of aryl methyl sites for hydroxylation is 1. The monoisotopic (exact) mass is 389 g/mol. The molecule has 2 aromatic heterocycles. The first-order valence-corrected chi connectivity index (χ1v) is 10.1. The number of halogens is 1. The normalized spacial score (nSPS) is 17.4. The summed E-state index contributed by atoms with van der Waals surface area (Å²) in [5.41, 5.74) is 5.53. The maximum atomic E-state index is 6.56. The van der Waals surface area contributed by atoms with Gasteiger partial charge in [0.15, 0.2) is 5.75 Å². The highest BCUT2D eigenvalue weighted by Crippen LogP contribution is 2.42. The lowest BCUT2D eigenvalue weighted by Crippen LogP contribution is -2.19. The van der Waals surface area contributed by atoms with Gasteiger partial charge in [-0.1, -0.05) is 23.2 Å². The Morgan fingerprint density at radius 3 is 2.32 bits per heavy atom. The molecule has 6 rings (SSSR count). The largest absolute Gasteiger partial charge is 0.485 e. The van der Waals surface area contributed by atoms with Gasteiger partial charge in [0.25, 0.3) is 0 Å². The molecule has 1 saturated heterocycles. The van der Waals surface area contributed by atoms with Crippen molar-refractivity contribution in [3.05, 3.63) is 53.1 Å². The molecule has 0 amide bonds. The summed E-state index contributed by atoms with van der Waals surface area (Å²) in [5, 5.41) is 8.82. The SMILES string of the molecule is Cc1ccc2[nH]c3c(OC4CCNC4)c4[nH]c5ccc(Cl)cc5c4cc3c2c1. The zero-order valence-corrected chi connectivity index (χ0v) is 16.3. The minimum absolute atomic E-state index is 0.178. The molecule has 28 heavy (non-hydrogen) atoms. The molecular weight excluding hydrogens is 370 g/mol. The average molecular weight is 390 g/mol. The van der Waals surface area contributed by atoms with E-state index in [0.29, 0.717) is 0 Å². The highest BCUT2D eigenvalue weighted by atomic mass is 35.5. The molecular formula is C23H20ClN3O. The second-order valence-corrected chi connectivity index (χ2v) is 8.21. The van der Waals surface area contributed by atoms with Gasteiger partial charge in [-0.05, 0) is 56.3 Å². The standard InChI is InChI=1S/C23H20ClN3O/c1-12-2-4-19-15(8-12)17-10-18-16-9-13(24)3-5-20(16)27-22(18)23(21(17)26-19)28-14-6-7-25-11-14/h2-5,8-10,14,25-27H,6-7,11H2,1H3. The van der Waals surface area contributed by atoms with E-state index in [1.165, 1.54) is 16.3 Å². The van der Waals surface area contributed by atoms with Crippen LogP contribution in [0.2, 0.25) is 5.02 Å². The first-order chi connectivity index (χ1) is 13.7. The Balaban J connectivity index is 1.75. The van der Waals surface area contributed by atoms with Crippen molar-refractivity contribution in [3.63, 3.8) is 0 Å². The van der Waals surface area contributed by atoms with Crippen molar-refractivity contribution < 1.29 is 4.74 Å². The molecule has 0 bridgehead atoms. The number of ether oxygens (including phenoxy) is 1. The molecule has 1 aliphatic heterocycles. The van der Waals surface area contributed by atoms with Gasteiger partial charge in [0.2, 0.25) is 0 Å². The predicted molar refractivity (Wildman–Crippen MR) is 117 cm³/mol. The van der Waals surface area contributed by atoms with E-state index in [1.54, 1.807) is 0 Å². The van der Waals surface area contributed by atoms with Crippen molar-refractivity contribution in [2.45, 2.75) is 19.4 Å². The highest BCUT2D eigenvalue weighted by molar-refractivity contribution is 6.32. The van der Waals surface area contributed by atoms with Crippen molar-refractivity contribution in [2.24, 2.45) is 0 Å². The van der Waals surface area contributed by atoms with Gasteiger partial charge >= 0.3 is 0 Å². The van der Waals surface area contributed by atoms with E-state index >= 15 is 0 Å². The van der Waals surface area contributed by atoms with Crippen LogP contribution >= 0.6 is 11.6 Å². The first kappa shape index (κ1) is 16.3. The molecule has 0 spiro atoms. The first-order valence-electron chi connectivity index (χ1n) is 9.71. The molecule has 5 aromatic rings. The van der Waals surface area contributed by atoms with Crippen LogP contribution in [-0.4, -0.2) is 29.2 Å². The number of aromatic nitrogens is 2. The third-order valence-corrected chi connectivity index (χ3v) is 6.07. The van der Waals surface area contributed by atoms with Gasteiger partial charge in [0.05, 0.1) is 11.0 Å². The van der Waals surface area contributed by atoms with Crippen molar-refractivity contribution in [1.82, 2.24) is 15.3 Å². The molecule has 0 saturated carbocycles. The Labute approximate surface area is 166 Å². The van der Waals surface area contributed by atoms with Crippen LogP contribution in [0.5, 0.6) is 5.75 Å². The van der Waals surface area contributed by atoms with E-state index in [-0.39, 0.29) is 6.10 Å². The van der Waals surface area contributed by atoms with Crippen LogP contribution in [-0.2, 0) is 0 Å². The molecule has 3 heterocycles. The van der Waals surface area contributed by atoms with Crippen LogP contribution in [0.1, 0.15) is 12.0 Å². The number of rotatable bonds is 2. The number of hydrogen-bond acceptors (Lipinski definition) is 2. The van der Waals surface area contributed by atoms with Crippen molar-refractivity contribution >= 4 is 55.2 Å². The van der Waals surface area contributed by atoms with Crippen molar-refractivity contribution in [1.29, 1.82) is 0 Å². The summed E-state index contributed by atoms with van der Waals surface area (Å²) in [6.45, 7) is 4.01. The summed E-state index contributed by atoms with van der Waals surface area (Å²) in [6, 6.07) is 14.8. The van der Waals surface area contributed by atoms with Crippen LogP contribution in [0.4, 0.5) is 0 Å². The summed E-state index contributed by atoms with van der Waals surface area (Å²) >= 11 is 6.31. The number of aromatic amines is 2. The molecule has 3 aromatic carbocycles. The Hall–Kier alpha value is -2.69. The minimum Gasteiger partial charge on any atom is -0.485 e. The maximum absolute atomic E-state index is 6.56. The molecule has 5 heteroatoms. The summed E-state index contributed by atoms with van der Waals surface area (Å²) < 4.78 is 6.56. The van der Waals surface area contributed by atoms with Gasteiger partial charge in [0, 0.05) is 44.1 Å². The fraction of sp³-hybridized carbons (Fsp3) is 0.217. The Morgan fingerprint density at radius 2 is 1.61 bits per heavy atom. The quantitative estimate of drug-likeness (QED) is 0.365. The van der Waals surface area contributed by atoms with E-state index in [1.807, 2.05) is 18.2 Å². The molecule has 0 aliphatic carbocycles. The molecule has 1 unspecified atom stereocenters. The lowest BCUT2D eigenvalue weighted by atomic mass is 10.1. The number of benzene rings is 3. The van der Waals surface area contributed by atoms with Gasteiger partial charge in [-0.15, -0.1) is 0 Å². The van der Waals surface area contributed by atoms with Crippen LogP contribution in [0.15, 0.2) is 42.5 Å². The predicted octanol–water partition coefficient (Wildman–Crippen LogP) is 5.66. The van der Waals surface area contributed by atoms with E-state index in [0.717, 1.165) is 63.1 Å². The van der Waals surface area contributed by atoms with Crippen LogP contribution in [0.3, 0.4) is 0 Å². The number of H-pyrrole nitrogens is 2. The zero-order valence-electron chi connectivity index (χ0n) is 15.5. The zero-order chi connectivity index (χ0) is 18.8. The summed E-state index contributed by atoms with van der Waals surface area (Å²) in [5.74, 6) is 0.905. The molecule has 1 atom stereocenters. The minimum atomic E-state index is 0.178. The van der Waals surface area contributed by atoms with Gasteiger partial charge in [-0.3, -0.25) is 0 Å². The molecule has 1 aliphatic rings. The lowest BCUT2D eigenvalue weighted by molar-refractivity contribution is 0.228. The second kappa shape index (κ2) is 5.90. The molecule has 0 radical (unpaired) electrons. The van der Waals surface area contributed by atoms with Crippen LogP contribution in [0.25, 0.3) is 43.6 Å². The summed E-state index contributed by atoms with van der Waals surface area (Å²) in [4.78, 5) is 7.18.